The lowest BCUT2D eigenvalue weighted by molar-refractivity contribution is 0.160. The summed E-state index contributed by atoms with van der Waals surface area (Å²) in [5, 5.41) is 3.76. The van der Waals surface area contributed by atoms with E-state index >= 15 is 0 Å². The minimum Gasteiger partial charge on any atom is -0.316 e. The van der Waals surface area contributed by atoms with Crippen molar-refractivity contribution in [1.29, 1.82) is 0 Å². The standard InChI is InChI=1S/C18H27ClFN/c1-13(2)12-18(8-4-5-9-18)17(21-3)11-14-6-7-16(20)15(19)10-14/h6-7,10,13,17,21H,4-5,8-9,11-12H2,1-3H3. The highest BCUT2D eigenvalue weighted by Gasteiger charge is 2.40. The van der Waals surface area contributed by atoms with Crippen LogP contribution in [0.5, 0.6) is 0 Å². The molecule has 1 fully saturated rings. The number of rotatable bonds is 6. The Balaban J connectivity index is 2.18. The van der Waals surface area contributed by atoms with Crippen molar-refractivity contribution in [2.45, 2.75) is 58.4 Å². The van der Waals surface area contributed by atoms with Crippen LogP contribution in [0.25, 0.3) is 0 Å². The first-order valence-corrected chi connectivity index (χ1v) is 8.46. The Bertz CT molecular complexity index is 466. The fourth-order valence-electron chi connectivity index (χ4n) is 4.11. The van der Waals surface area contributed by atoms with Gasteiger partial charge in [0.05, 0.1) is 5.02 Å². The van der Waals surface area contributed by atoms with Gasteiger partial charge in [-0.05, 0) is 61.8 Å². The summed E-state index contributed by atoms with van der Waals surface area (Å²) in [5.41, 5.74) is 1.50. The molecule has 0 bridgehead atoms. The van der Waals surface area contributed by atoms with Crippen molar-refractivity contribution in [2.24, 2.45) is 11.3 Å². The van der Waals surface area contributed by atoms with E-state index in [-0.39, 0.29) is 10.8 Å². The molecule has 0 amide bonds. The summed E-state index contributed by atoms with van der Waals surface area (Å²) in [5.74, 6) is 0.370. The molecule has 0 aromatic heterocycles. The molecular formula is C18H27ClFN. The van der Waals surface area contributed by atoms with Crippen molar-refractivity contribution >= 4 is 11.6 Å². The Labute approximate surface area is 133 Å². The van der Waals surface area contributed by atoms with Crippen LogP contribution in [0.4, 0.5) is 4.39 Å². The smallest absolute Gasteiger partial charge is 0.141 e. The topological polar surface area (TPSA) is 12.0 Å². The molecule has 21 heavy (non-hydrogen) atoms. The predicted octanol–water partition coefficient (Wildman–Crippen LogP) is 5.22. The fourth-order valence-corrected chi connectivity index (χ4v) is 4.32. The Morgan fingerprint density at radius 2 is 1.95 bits per heavy atom. The second-order valence-electron chi connectivity index (χ2n) is 6.96. The number of hydrogen-bond acceptors (Lipinski definition) is 1. The normalized spacial score (nSPS) is 19.1. The Kier molecular flexibility index (Phi) is 5.67. The number of nitrogens with one attached hydrogen (secondary N) is 1. The van der Waals surface area contributed by atoms with E-state index in [9.17, 15) is 4.39 Å². The molecule has 0 saturated heterocycles. The molecule has 0 heterocycles. The van der Waals surface area contributed by atoms with Gasteiger partial charge in [-0.15, -0.1) is 0 Å². The second kappa shape index (κ2) is 7.11. The van der Waals surface area contributed by atoms with Crippen molar-refractivity contribution in [3.8, 4) is 0 Å². The van der Waals surface area contributed by atoms with Gasteiger partial charge in [0, 0.05) is 6.04 Å². The first-order chi connectivity index (χ1) is 9.97. The summed E-state index contributed by atoms with van der Waals surface area (Å²) in [6, 6.07) is 5.56. The van der Waals surface area contributed by atoms with Crippen LogP contribution in [0.15, 0.2) is 18.2 Å². The van der Waals surface area contributed by atoms with E-state index in [1.165, 1.54) is 38.2 Å². The van der Waals surface area contributed by atoms with Gasteiger partial charge in [-0.3, -0.25) is 0 Å². The molecule has 0 radical (unpaired) electrons. The van der Waals surface area contributed by atoms with Gasteiger partial charge in [0.25, 0.3) is 0 Å². The lowest BCUT2D eigenvalue weighted by Gasteiger charge is -2.39. The minimum absolute atomic E-state index is 0.228. The number of halogens is 2. The zero-order valence-corrected chi connectivity index (χ0v) is 14.1. The van der Waals surface area contributed by atoms with Crippen LogP contribution < -0.4 is 5.32 Å². The third-order valence-electron chi connectivity index (χ3n) is 4.93. The highest BCUT2D eigenvalue weighted by molar-refractivity contribution is 6.30. The molecule has 0 aliphatic heterocycles. The van der Waals surface area contributed by atoms with E-state index in [4.69, 9.17) is 11.6 Å². The maximum absolute atomic E-state index is 13.3. The minimum atomic E-state index is -0.334. The molecule has 1 atom stereocenters. The summed E-state index contributed by atoms with van der Waals surface area (Å²) in [6.45, 7) is 4.61. The number of benzene rings is 1. The lowest BCUT2D eigenvalue weighted by Crippen LogP contribution is -2.44. The van der Waals surface area contributed by atoms with Gasteiger partial charge in [0.15, 0.2) is 0 Å². The van der Waals surface area contributed by atoms with E-state index in [0.717, 1.165) is 12.0 Å². The molecule has 1 aromatic carbocycles. The number of hydrogen-bond donors (Lipinski definition) is 1. The highest BCUT2D eigenvalue weighted by atomic mass is 35.5. The van der Waals surface area contributed by atoms with Gasteiger partial charge >= 0.3 is 0 Å². The molecule has 1 nitrogen and oxygen atoms in total. The summed E-state index contributed by atoms with van der Waals surface area (Å²) in [6.07, 6.45) is 7.43. The zero-order valence-electron chi connectivity index (χ0n) is 13.4. The molecule has 0 spiro atoms. The average Bonchev–Trinajstić information content (AvgIpc) is 2.88. The molecule has 1 aliphatic carbocycles. The summed E-state index contributed by atoms with van der Waals surface area (Å²) in [7, 11) is 2.05. The van der Waals surface area contributed by atoms with Gasteiger partial charge in [-0.2, -0.15) is 0 Å². The van der Waals surface area contributed by atoms with Crippen LogP contribution in [-0.4, -0.2) is 13.1 Å². The Hall–Kier alpha value is -0.600. The lowest BCUT2D eigenvalue weighted by atomic mass is 9.71. The quantitative estimate of drug-likeness (QED) is 0.760. The van der Waals surface area contributed by atoms with Gasteiger partial charge in [0.2, 0.25) is 0 Å². The van der Waals surface area contributed by atoms with E-state index in [2.05, 4.69) is 26.2 Å². The molecular weight excluding hydrogens is 285 g/mol. The Morgan fingerprint density at radius 3 is 2.48 bits per heavy atom. The first-order valence-electron chi connectivity index (χ1n) is 8.08. The maximum atomic E-state index is 13.3. The van der Waals surface area contributed by atoms with Crippen LogP contribution in [0, 0.1) is 17.2 Å². The maximum Gasteiger partial charge on any atom is 0.141 e. The number of likely N-dealkylation sites (N-methyl/N-ethyl adjacent to an activating group) is 1. The molecule has 1 N–H and O–H groups in total. The molecule has 118 valence electrons. The van der Waals surface area contributed by atoms with Gasteiger partial charge < -0.3 is 5.32 Å². The monoisotopic (exact) mass is 311 g/mol. The molecule has 1 aliphatic rings. The SMILES string of the molecule is CNC(Cc1ccc(F)c(Cl)c1)C1(CC(C)C)CCCC1. The average molecular weight is 312 g/mol. The fraction of sp³-hybridized carbons (Fsp3) is 0.667. The Morgan fingerprint density at radius 1 is 1.29 bits per heavy atom. The van der Waals surface area contributed by atoms with Crippen LogP contribution >= 0.6 is 11.6 Å². The van der Waals surface area contributed by atoms with Crippen LogP contribution in [-0.2, 0) is 6.42 Å². The molecule has 2 rings (SSSR count). The van der Waals surface area contributed by atoms with E-state index in [0.29, 0.717) is 17.4 Å². The first kappa shape index (κ1) is 16.8. The predicted molar refractivity (Wildman–Crippen MR) is 88.3 cm³/mol. The summed E-state index contributed by atoms with van der Waals surface area (Å²) < 4.78 is 13.3. The van der Waals surface area contributed by atoms with E-state index in [1.807, 2.05) is 6.07 Å². The van der Waals surface area contributed by atoms with Gasteiger partial charge in [-0.25, -0.2) is 4.39 Å². The van der Waals surface area contributed by atoms with Crippen LogP contribution in [0.2, 0.25) is 5.02 Å². The van der Waals surface area contributed by atoms with Crippen LogP contribution in [0.3, 0.4) is 0 Å². The van der Waals surface area contributed by atoms with Crippen molar-refractivity contribution in [3.63, 3.8) is 0 Å². The summed E-state index contributed by atoms with van der Waals surface area (Å²) in [4.78, 5) is 0. The third kappa shape index (κ3) is 3.98. The van der Waals surface area contributed by atoms with E-state index < -0.39 is 0 Å². The van der Waals surface area contributed by atoms with Gasteiger partial charge in [-0.1, -0.05) is 44.4 Å². The van der Waals surface area contributed by atoms with E-state index in [1.54, 1.807) is 6.07 Å². The molecule has 1 saturated carbocycles. The van der Waals surface area contributed by atoms with Crippen LogP contribution in [0.1, 0.15) is 51.5 Å². The zero-order chi connectivity index (χ0) is 15.5. The van der Waals surface area contributed by atoms with Crippen molar-refractivity contribution in [3.05, 3.63) is 34.6 Å². The highest BCUT2D eigenvalue weighted by Crippen LogP contribution is 2.46. The molecule has 1 unspecified atom stereocenters. The summed E-state index contributed by atoms with van der Waals surface area (Å²) >= 11 is 5.92. The van der Waals surface area contributed by atoms with Gasteiger partial charge in [0.1, 0.15) is 5.82 Å². The second-order valence-corrected chi connectivity index (χ2v) is 7.37. The van der Waals surface area contributed by atoms with Crippen molar-refractivity contribution in [1.82, 2.24) is 5.32 Å². The molecule has 1 aromatic rings. The van der Waals surface area contributed by atoms with Crippen molar-refractivity contribution in [2.75, 3.05) is 7.05 Å². The largest absolute Gasteiger partial charge is 0.316 e. The third-order valence-corrected chi connectivity index (χ3v) is 5.22. The van der Waals surface area contributed by atoms with Crippen molar-refractivity contribution < 1.29 is 4.39 Å². The molecule has 3 heteroatoms.